The number of rotatable bonds is 17. The zero-order valence-electron chi connectivity index (χ0n) is 15.1. The Labute approximate surface area is 150 Å². The Kier molecular flexibility index (Phi) is 14.3. The maximum absolute atomic E-state index is 11.1. The highest BCUT2D eigenvalue weighted by Crippen LogP contribution is 2.22. The van der Waals surface area contributed by atoms with Gasteiger partial charge >= 0.3 is 0 Å². The normalized spacial score (nSPS) is 17.7. The molecular formula is C18H36O7. The first kappa shape index (κ1) is 24.4. The van der Waals surface area contributed by atoms with Gasteiger partial charge in [0.2, 0.25) is 0 Å². The molecule has 0 aromatic heterocycles. The maximum Gasteiger partial charge on any atom is 0.154 e. The minimum atomic E-state index is -2.12. The fourth-order valence-corrected chi connectivity index (χ4v) is 2.82. The van der Waals surface area contributed by atoms with Gasteiger partial charge in [0.05, 0.1) is 6.61 Å². The van der Waals surface area contributed by atoms with E-state index < -0.39 is 30.5 Å². The molecule has 0 saturated heterocycles. The van der Waals surface area contributed by atoms with Crippen molar-refractivity contribution in [2.75, 3.05) is 13.2 Å². The minimum Gasteiger partial charge on any atom is -0.396 e. The van der Waals surface area contributed by atoms with Gasteiger partial charge in [-0.05, 0) is 12.8 Å². The third-order valence-electron chi connectivity index (χ3n) is 4.61. The van der Waals surface area contributed by atoms with Crippen LogP contribution in [0.3, 0.4) is 0 Å². The number of hydrogen-bond acceptors (Lipinski definition) is 7. The van der Waals surface area contributed by atoms with Gasteiger partial charge < -0.3 is 35.4 Å². The molecule has 6 N–H and O–H groups in total. The van der Waals surface area contributed by atoms with Crippen LogP contribution < -0.4 is 0 Å². The predicted molar refractivity (Wildman–Crippen MR) is 94.0 cm³/mol. The molecule has 0 rings (SSSR count). The van der Waals surface area contributed by atoms with Crippen LogP contribution in [0.25, 0.3) is 0 Å². The van der Waals surface area contributed by atoms with E-state index in [2.05, 4.69) is 0 Å². The SMILES string of the molecule is O=C[C@@](O)(CCCCCCCCCCCCO)[C@@H](O)[C@H](O)[C@H](O)CO. The molecule has 0 bridgehead atoms. The molecule has 7 heteroatoms. The molecular weight excluding hydrogens is 328 g/mol. The second-order valence-electron chi connectivity index (χ2n) is 6.80. The average Bonchev–Trinajstić information content (AvgIpc) is 2.63. The number of aliphatic hydroxyl groups is 6. The topological polar surface area (TPSA) is 138 Å². The summed E-state index contributed by atoms with van der Waals surface area (Å²) in [6.07, 6.45) is 4.83. The summed E-state index contributed by atoms with van der Waals surface area (Å²) in [5.74, 6) is 0. The average molecular weight is 364 g/mol. The van der Waals surface area contributed by atoms with E-state index in [-0.39, 0.29) is 19.3 Å². The van der Waals surface area contributed by atoms with Crippen molar-refractivity contribution in [3.8, 4) is 0 Å². The summed E-state index contributed by atoms with van der Waals surface area (Å²) < 4.78 is 0. The molecule has 0 aliphatic carbocycles. The highest BCUT2D eigenvalue weighted by Gasteiger charge is 2.41. The number of aldehydes is 1. The van der Waals surface area contributed by atoms with Gasteiger partial charge in [-0.1, -0.05) is 57.8 Å². The van der Waals surface area contributed by atoms with Crippen molar-refractivity contribution in [1.29, 1.82) is 0 Å². The number of hydrogen-bond donors (Lipinski definition) is 6. The summed E-state index contributed by atoms with van der Waals surface area (Å²) in [6, 6.07) is 0. The van der Waals surface area contributed by atoms with Gasteiger partial charge in [-0.25, -0.2) is 0 Å². The van der Waals surface area contributed by atoms with Gasteiger partial charge in [-0.2, -0.15) is 0 Å². The van der Waals surface area contributed by atoms with E-state index in [0.29, 0.717) is 6.42 Å². The van der Waals surface area contributed by atoms with Crippen LogP contribution in [0.5, 0.6) is 0 Å². The predicted octanol–water partition coefficient (Wildman–Crippen LogP) is 0.275. The molecule has 0 aliphatic rings. The van der Waals surface area contributed by atoms with Crippen LogP contribution in [0, 0.1) is 0 Å². The fraction of sp³-hybridized carbons (Fsp3) is 0.944. The lowest BCUT2D eigenvalue weighted by Crippen LogP contribution is -2.54. The first-order valence-corrected chi connectivity index (χ1v) is 9.37. The van der Waals surface area contributed by atoms with Crippen LogP contribution in [-0.2, 0) is 4.79 Å². The lowest BCUT2D eigenvalue weighted by Gasteiger charge is -2.32. The zero-order chi connectivity index (χ0) is 19.1. The van der Waals surface area contributed by atoms with Crippen molar-refractivity contribution in [1.82, 2.24) is 0 Å². The van der Waals surface area contributed by atoms with Crippen LogP contribution in [0.15, 0.2) is 0 Å². The molecule has 7 nitrogen and oxygen atoms in total. The van der Waals surface area contributed by atoms with E-state index in [4.69, 9.17) is 10.2 Å². The van der Waals surface area contributed by atoms with E-state index in [1.165, 1.54) is 6.42 Å². The molecule has 0 aromatic carbocycles. The quantitative estimate of drug-likeness (QED) is 0.161. The van der Waals surface area contributed by atoms with Gasteiger partial charge in [-0.3, -0.25) is 0 Å². The summed E-state index contributed by atoms with van der Waals surface area (Å²) in [5, 5.41) is 56.4. The zero-order valence-corrected chi connectivity index (χ0v) is 15.1. The second kappa shape index (κ2) is 14.6. The van der Waals surface area contributed by atoms with Crippen molar-refractivity contribution >= 4 is 6.29 Å². The molecule has 0 heterocycles. The molecule has 0 spiro atoms. The van der Waals surface area contributed by atoms with Gasteiger partial charge in [-0.15, -0.1) is 0 Å². The molecule has 25 heavy (non-hydrogen) atoms. The molecule has 0 radical (unpaired) electrons. The lowest BCUT2D eigenvalue weighted by atomic mass is 9.86. The summed E-state index contributed by atoms with van der Waals surface area (Å²) in [6.45, 7) is -0.509. The van der Waals surface area contributed by atoms with Gasteiger partial charge in [0.15, 0.2) is 6.29 Å². The molecule has 0 saturated carbocycles. The largest absolute Gasteiger partial charge is 0.396 e. The Morgan fingerprint density at radius 2 is 1.20 bits per heavy atom. The summed E-state index contributed by atoms with van der Waals surface area (Å²) in [4.78, 5) is 11.1. The highest BCUT2D eigenvalue weighted by molar-refractivity contribution is 5.63. The highest BCUT2D eigenvalue weighted by atomic mass is 16.4. The lowest BCUT2D eigenvalue weighted by molar-refractivity contribution is -0.166. The van der Waals surface area contributed by atoms with Gasteiger partial charge in [0.25, 0.3) is 0 Å². The molecule has 0 fully saturated rings. The van der Waals surface area contributed by atoms with Crippen LogP contribution in [0.4, 0.5) is 0 Å². The first-order chi connectivity index (χ1) is 11.9. The Balaban J connectivity index is 3.87. The molecule has 0 aromatic rings. The smallest absolute Gasteiger partial charge is 0.154 e. The van der Waals surface area contributed by atoms with Crippen LogP contribution in [0.2, 0.25) is 0 Å². The van der Waals surface area contributed by atoms with E-state index in [0.717, 1.165) is 51.4 Å². The van der Waals surface area contributed by atoms with Gasteiger partial charge in [0, 0.05) is 6.61 Å². The number of aliphatic hydroxyl groups excluding tert-OH is 5. The Morgan fingerprint density at radius 1 is 0.760 bits per heavy atom. The maximum atomic E-state index is 11.1. The minimum absolute atomic E-state index is 0.00592. The number of carbonyl (C=O) groups is 1. The van der Waals surface area contributed by atoms with Crippen LogP contribution >= 0.6 is 0 Å². The third kappa shape index (κ3) is 10.2. The fourth-order valence-electron chi connectivity index (χ4n) is 2.82. The van der Waals surface area contributed by atoms with E-state index >= 15 is 0 Å². The van der Waals surface area contributed by atoms with E-state index in [1.54, 1.807) is 0 Å². The Morgan fingerprint density at radius 3 is 1.60 bits per heavy atom. The molecule has 0 unspecified atom stereocenters. The number of carbonyl (C=O) groups excluding carboxylic acids is 1. The molecule has 0 aliphatic heterocycles. The second-order valence-corrected chi connectivity index (χ2v) is 6.80. The van der Waals surface area contributed by atoms with Crippen LogP contribution in [-0.4, -0.2) is 74.1 Å². The monoisotopic (exact) mass is 364 g/mol. The third-order valence-corrected chi connectivity index (χ3v) is 4.61. The van der Waals surface area contributed by atoms with Crippen molar-refractivity contribution in [2.24, 2.45) is 0 Å². The first-order valence-electron chi connectivity index (χ1n) is 9.37. The van der Waals surface area contributed by atoms with Crippen molar-refractivity contribution in [3.05, 3.63) is 0 Å². The molecule has 0 amide bonds. The summed E-state index contributed by atoms with van der Waals surface area (Å²) in [5.41, 5.74) is -2.12. The molecule has 4 atom stereocenters. The van der Waals surface area contributed by atoms with E-state index in [1.807, 2.05) is 0 Å². The van der Waals surface area contributed by atoms with E-state index in [9.17, 15) is 25.2 Å². The van der Waals surface area contributed by atoms with Crippen molar-refractivity contribution in [3.63, 3.8) is 0 Å². The van der Waals surface area contributed by atoms with Crippen molar-refractivity contribution < 1.29 is 35.4 Å². The van der Waals surface area contributed by atoms with Crippen LogP contribution in [0.1, 0.15) is 70.6 Å². The Bertz CT molecular complexity index is 327. The Hall–Kier alpha value is -0.570. The van der Waals surface area contributed by atoms with Gasteiger partial charge in [0.1, 0.15) is 23.9 Å². The summed E-state index contributed by atoms with van der Waals surface area (Å²) >= 11 is 0. The molecule has 150 valence electrons. The standard InChI is InChI=1S/C18H36O7/c19-12-10-8-6-4-2-1-3-5-7-9-11-18(25,14-21)17(24)16(23)15(22)13-20/h14-17,19-20,22-25H,1-13H2/t15-,16-,17+,18+/m1/s1. The number of unbranched alkanes of at least 4 members (excludes halogenated alkanes) is 9. The summed E-state index contributed by atoms with van der Waals surface area (Å²) in [7, 11) is 0. The van der Waals surface area contributed by atoms with Crippen molar-refractivity contribution in [2.45, 2.75) is 94.5 Å².